The molecule has 0 aromatic rings. The van der Waals surface area contributed by atoms with Crippen molar-refractivity contribution in [2.75, 3.05) is 40.9 Å². The molecule has 0 aliphatic heterocycles. The van der Waals surface area contributed by atoms with Gasteiger partial charge in [-0.05, 0) is 12.8 Å². The van der Waals surface area contributed by atoms with Gasteiger partial charge in [-0.2, -0.15) is 0 Å². The van der Waals surface area contributed by atoms with Gasteiger partial charge in [-0.15, -0.1) is 0 Å². The average Bonchev–Trinajstić information content (AvgIpc) is 2.67. The number of quaternary nitrogens is 1. The Kier molecular flexibility index (Phi) is 16.4. The fourth-order valence-corrected chi connectivity index (χ4v) is 3.44. The minimum Gasteiger partial charge on any atom is -0.756 e. The van der Waals surface area contributed by atoms with E-state index in [9.17, 15) is 19.4 Å². The molecule has 3 atom stereocenters. The highest BCUT2D eigenvalue weighted by atomic mass is 31.2. The topological polar surface area (TPSA) is 108 Å². The molecule has 0 aliphatic carbocycles. The Morgan fingerprint density at radius 1 is 1.10 bits per heavy atom. The molecule has 8 nitrogen and oxygen atoms in total. The van der Waals surface area contributed by atoms with E-state index in [4.69, 9.17) is 9.05 Å². The van der Waals surface area contributed by atoms with Crippen LogP contribution in [0.1, 0.15) is 71.6 Å². The molecule has 0 saturated carbocycles. The highest BCUT2D eigenvalue weighted by Gasteiger charge is 2.23. The summed E-state index contributed by atoms with van der Waals surface area (Å²) in [7, 11) is 1.24. The molecule has 2 N–H and O–H groups in total. The Hall–Kier alpha value is -0.760. The molecule has 0 bridgehead atoms. The second kappa shape index (κ2) is 16.8. The summed E-state index contributed by atoms with van der Waals surface area (Å²) in [5.74, 6) is -0.224. The first-order chi connectivity index (χ1) is 14.5. The maximum Gasteiger partial charge on any atom is 0.268 e. The summed E-state index contributed by atoms with van der Waals surface area (Å²) < 4.78 is 22.5. The Labute approximate surface area is 189 Å². The number of unbranched alkanes of at least 4 members (excludes halogenated alkanes) is 6. The van der Waals surface area contributed by atoms with Crippen molar-refractivity contribution < 1.29 is 32.9 Å². The van der Waals surface area contributed by atoms with Crippen molar-refractivity contribution in [3.05, 3.63) is 12.2 Å². The van der Waals surface area contributed by atoms with Gasteiger partial charge in [0, 0.05) is 6.42 Å². The van der Waals surface area contributed by atoms with E-state index in [1.807, 2.05) is 27.2 Å². The van der Waals surface area contributed by atoms with E-state index in [1.54, 1.807) is 6.08 Å². The van der Waals surface area contributed by atoms with Crippen LogP contribution in [0.2, 0.25) is 0 Å². The minimum atomic E-state index is -4.53. The molecule has 0 rings (SSSR count). The third-order valence-electron chi connectivity index (χ3n) is 4.75. The number of carbonyl (C=O) groups is 1. The summed E-state index contributed by atoms with van der Waals surface area (Å²) >= 11 is 0. The summed E-state index contributed by atoms with van der Waals surface area (Å²) in [6, 6.07) is -0.870. The molecule has 0 aromatic carbocycles. The summed E-state index contributed by atoms with van der Waals surface area (Å²) in [5, 5.41) is 13.2. The van der Waals surface area contributed by atoms with Crippen LogP contribution in [-0.4, -0.2) is 68.5 Å². The third-order valence-corrected chi connectivity index (χ3v) is 5.71. The molecule has 0 fully saturated rings. The number of amides is 1. The lowest BCUT2D eigenvalue weighted by Crippen LogP contribution is -2.45. The number of carbonyl (C=O) groups excluding carboxylic acids is 1. The molecule has 184 valence electrons. The number of hydrogen-bond donors (Lipinski definition) is 2. The number of aliphatic hydroxyl groups is 1. The maximum atomic E-state index is 12.3. The smallest absolute Gasteiger partial charge is 0.268 e. The van der Waals surface area contributed by atoms with Crippen molar-refractivity contribution in [2.45, 2.75) is 83.8 Å². The Bertz CT molecular complexity index is 551. The van der Waals surface area contributed by atoms with Crippen LogP contribution in [0.5, 0.6) is 0 Å². The number of aliphatic hydroxyl groups excluding tert-OH is 1. The van der Waals surface area contributed by atoms with Gasteiger partial charge in [0.2, 0.25) is 5.91 Å². The second-order valence-electron chi connectivity index (χ2n) is 8.99. The van der Waals surface area contributed by atoms with Crippen LogP contribution in [-0.2, 0) is 18.4 Å². The fraction of sp³-hybridized carbons (Fsp3) is 0.864. The van der Waals surface area contributed by atoms with Gasteiger partial charge >= 0.3 is 0 Å². The highest BCUT2D eigenvalue weighted by molar-refractivity contribution is 7.45. The van der Waals surface area contributed by atoms with Crippen LogP contribution in [0.4, 0.5) is 0 Å². The summed E-state index contributed by atoms with van der Waals surface area (Å²) in [4.78, 5) is 24.4. The van der Waals surface area contributed by atoms with E-state index in [1.165, 1.54) is 0 Å². The average molecular weight is 465 g/mol. The van der Waals surface area contributed by atoms with E-state index in [0.29, 0.717) is 17.4 Å². The highest BCUT2D eigenvalue weighted by Crippen LogP contribution is 2.38. The Balaban J connectivity index is 4.76. The van der Waals surface area contributed by atoms with Crippen LogP contribution in [0, 0.1) is 0 Å². The van der Waals surface area contributed by atoms with Crippen molar-refractivity contribution >= 4 is 13.7 Å². The van der Waals surface area contributed by atoms with Crippen LogP contribution in [0.3, 0.4) is 0 Å². The summed E-state index contributed by atoms with van der Waals surface area (Å²) in [6.07, 6.45) is 10.6. The standard InChI is InChI=1S/C22H45N2O6P/c1-6-8-10-12-14-16-22(26)23-20(21(25)15-13-11-9-7-2)19-30-31(27,28)29-18-17-24(3,4)5/h13,15,20-21,25H,6-12,14,16-19H2,1-5H3,(H-,23,26,27,28)/b15-13+. The van der Waals surface area contributed by atoms with Crippen molar-refractivity contribution in [1.29, 1.82) is 0 Å². The SMILES string of the molecule is CCCC/C=C/C(O)C(COP(=O)([O-])OCC[N+](C)(C)C)NC(=O)CCCCCCC. The first kappa shape index (κ1) is 30.2. The monoisotopic (exact) mass is 464 g/mol. The van der Waals surface area contributed by atoms with Gasteiger partial charge in [0.1, 0.15) is 13.2 Å². The lowest BCUT2D eigenvalue weighted by atomic mass is 10.1. The van der Waals surface area contributed by atoms with Gasteiger partial charge < -0.3 is 28.8 Å². The Morgan fingerprint density at radius 2 is 1.74 bits per heavy atom. The number of nitrogens with zero attached hydrogens (tertiary/aromatic N) is 1. The number of hydrogen-bond acceptors (Lipinski definition) is 6. The number of nitrogens with one attached hydrogen (secondary N) is 1. The van der Waals surface area contributed by atoms with Crippen LogP contribution >= 0.6 is 7.82 Å². The quantitative estimate of drug-likeness (QED) is 0.132. The molecule has 3 unspecified atom stereocenters. The molecular formula is C22H45N2O6P. The number of likely N-dealkylation sites (N-methyl/N-ethyl adjacent to an activating group) is 1. The third kappa shape index (κ3) is 18.5. The van der Waals surface area contributed by atoms with Gasteiger partial charge in [0.15, 0.2) is 0 Å². The predicted octanol–water partition coefficient (Wildman–Crippen LogP) is 3.15. The fourth-order valence-electron chi connectivity index (χ4n) is 2.72. The van der Waals surface area contributed by atoms with Gasteiger partial charge in [-0.3, -0.25) is 9.36 Å². The van der Waals surface area contributed by atoms with E-state index in [0.717, 1.165) is 51.4 Å². The molecular weight excluding hydrogens is 419 g/mol. The molecule has 0 heterocycles. The second-order valence-corrected chi connectivity index (χ2v) is 10.4. The number of allylic oxidation sites excluding steroid dienone is 1. The Morgan fingerprint density at radius 3 is 2.35 bits per heavy atom. The normalized spacial score (nSPS) is 16.2. The lowest BCUT2D eigenvalue weighted by molar-refractivity contribution is -0.870. The maximum absolute atomic E-state index is 12.3. The van der Waals surface area contributed by atoms with Crippen molar-refractivity contribution in [3.63, 3.8) is 0 Å². The number of phosphoric acid groups is 1. The van der Waals surface area contributed by atoms with E-state index in [-0.39, 0.29) is 19.1 Å². The molecule has 0 spiro atoms. The molecule has 9 heteroatoms. The largest absolute Gasteiger partial charge is 0.756 e. The zero-order valence-electron chi connectivity index (χ0n) is 20.2. The van der Waals surface area contributed by atoms with Crippen molar-refractivity contribution in [3.8, 4) is 0 Å². The van der Waals surface area contributed by atoms with Gasteiger partial charge in [0.05, 0.1) is 39.9 Å². The lowest BCUT2D eigenvalue weighted by Gasteiger charge is -2.29. The van der Waals surface area contributed by atoms with Gasteiger partial charge in [-0.25, -0.2) is 0 Å². The molecule has 0 saturated heterocycles. The van der Waals surface area contributed by atoms with Crippen LogP contribution < -0.4 is 10.2 Å². The van der Waals surface area contributed by atoms with E-state index in [2.05, 4.69) is 19.2 Å². The van der Waals surface area contributed by atoms with Crippen molar-refractivity contribution in [2.24, 2.45) is 0 Å². The first-order valence-electron chi connectivity index (χ1n) is 11.6. The summed E-state index contributed by atoms with van der Waals surface area (Å²) in [5.41, 5.74) is 0. The zero-order valence-corrected chi connectivity index (χ0v) is 21.1. The van der Waals surface area contributed by atoms with Gasteiger partial charge in [-0.1, -0.05) is 64.5 Å². The molecule has 0 aromatic heterocycles. The molecule has 0 aliphatic rings. The van der Waals surface area contributed by atoms with E-state index < -0.39 is 20.0 Å². The summed E-state index contributed by atoms with van der Waals surface area (Å²) in [6.45, 7) is 4.32. The molecule has 1 amide bonds. The van der Waals surface area contributed by atoms with Gasteiger partial charge in [0.25, 0.3) is 7.82 Å². The minimum absolute atomic E-state index is 0.00145. The van der Waals surface area contributed by atoms with Crippen molar-refractivity contribution in [1.82, 2.24) is 5.32 Å². The molecule has 31 heavy (non-hydrogen) atoms. The van der Waals surface area contributed by atoms with E-state index >= 15 is 0 Å². The first-order valence-corrected chi connectivity index (χ1v) is 13.0. The van der Waals surface area contributed by atoms with Crippen LogP contribution in [0.25, 0.3) is 0 Å². The number of rotatable bonds is 19. The zero-order chi connectivity index (χ0) is 23.8. The van der Waals surface area contributed by atoms with Crippen LogP contribution in [0.15, 0.2) is 12.2 Å². The predicted molar refractivity (Wildman–Crippen MR) is 122 cm³/mol. The number of phosphoric ester groups is 1. The molecule has 0 radical (unpaired) electrons.